The predicted molar refractivity (Wildman–Crippen MR) is 129 cm³/mol. The van der Waals surface area contributed by atoms with Crippen LogP contribution in [-0.4, -0.2) is 21.8 Å². The average Bonchev–Trinajstić information content (AvgIpc) is 3.52. The summed E-state index contributed by atoms with van der Waals surface area (Å²) in [5.74, 6) is -1.56. The van der Waals surface area contributed by atoms with E-state index in [0.717, 1.165) is 16.6 Å². The Kier molecular flexibility index (Phi) is 5.33. The molecule has 1 aliphatic heterocycles. The molecule has 0 spiro atoms. The van der Waals surface area contributed by atoms with Gasteiger partial charge in [0.05, 0.1) is 26.7 Å². The minimum absolute atomic E-state index is 0.0493. The molecular formula is C24H17ClN2O3S2. The fraction of sp³-hybridized carbons (Fsp3) is 0.125. The third-order valence-corrected chi connectivity index (χ3v) is 7.58. The molecule has 0 unspecified atom stereocenters. The number of fused-ring (bicyclic) bond motifs is 1. The number of nitrogens with zero attached hydrogens (tertiary/aromatic N) is 2. The van der Waals surface area contributed by atoms with Crippen LogP contribution >= 0.6 is 34.3 Å². The molecule has 2 aromatic carbocycles. The van der Waals surface area contributed by atoms with Crippen LogP contribution < -0.4 is 4.90 Å². The number of anilines is 1. The number of aryl methyl sites for hydroxylation is 1. The van der Waals surface area contributed by atoms with Crippen LogP contribution in [0.3, 0.4) is 0 Å². The molecule has 0 saturated heterocycles. The maximum absolute atomic E-state index is 13.3. The molecular weight excluding hydrogens is 464 g/mol. The van der Waals surface area contributed by atoms with E-state index >= 15 is 0 Å². The van der Waals surface area contributed by atoms with Crippen LogP contribution in [0.4, 0.5) is 5.13 Å². The van der Waals surface area contributed by atoms with Crippen molar-refractivity contribution in [2.24, 2.45) is 0 Å². The number of aromatic nitrogens is 1. The molecule has 0 aliphatic carbocycles. The molecule has 32 heavy (non-hydrogen) atoms. The van der Waals surface area contributed by atoms with Crippen molar-refractivity contribution >= 4 is 61.3 Å². The molecule has 0 bridgehead atoms. The molecule has 2 aromatic heterocycles. The summed E-state index contributed by atoms with van der Waals surface area (Å²) in [6.45, 7) is 2.08. The Morgan fingerprint density at radius 3 is 2.66 bits per heavy atom. The van der Waals surface area contributed by atoms with Crippen LogP contribution in [-0.2, 0) is 11.2 Å². The summed E-state index contributed by atoms with van der Waals surface area (Å²) in [6.07, 6.45) is 0.890. The molecule has 8 heteroatoms. The van der Waals surface area contributed by atoms with Gasteiger partial charge in [-0.1, -0.05) is 54.1 Å². The van der Waals surface area contributed by atoms with Gasteiger partial charge in [-0.15, -0.1) is 11.3 Å². The van der Waals surface area contributed by atoms with E-state index in [2.05, 4.69) is 18.0 Å². The topological polar surface area (TPSA) is 70.5 Å². The second-order valence-electron chi connectivity index (χ2n) is 7.35. The zero-order valence-corrected chi connectivity index (χ0v) is 19.3. The van der Waals surface area contributed by atoms with Crippen molar-refractivity contribution in [1.82, 2.24) is 4.98 Å². The minimum Gasteiger partial charge on any atom is -0.503 e. The fourth-order valence-corrected chi connectivity index (χ4v) is 5.68. The Morgan fingerprint density at radius 1 is 1.19 bits per heavy atom. The largest absolute Gasteiger partial charge is 0.503 e. The number of ketones is 1. The summed E-state index contributed by atoms with van der Waals surface area (Å²) in [5.41, 5.74) is 2.65. The number of thiophene rings is 1. The number of thiazole rings is 1. The van der Waals surface area contributed by atoms with Gasteiger partial charge in [-0.05, 0) is 53.3 Å². The van der Waals surface area contributed by atoms with Gasteiger partial charge in [0.1, 0.15) is 0 Å². The number of hydrogen-bond acceptors (Lipinski definition) is 6. The Morgan fingerprint density at radius 2 is 1.97 bits per heavy atom. The number of carbonyl (C=O) groups is 2. The standard InChI is InChI=1S/C24H17ClN2O3S2/c1-2-13-5-10-16-18(12-13)32-24(26-16)27-20(14-6-8-15(25)9-7-14)19(22(29)23(27)30)21(28)17-4-3-11-31-17/h3-12,20,29H,2H2,1H3/t20-/m1/s1. The molecule has 0 saturated carbocycles. The number of benzene rings is 2. The fourth-order valence-electron chi connectivity index (χ4n) is 3.82. The van der Waals surface area contributed by atoms with Crippen molar-refractivity contribution in [2.45, 2.75) is 19.4 Å². The zero-order valence-electron chi connectivity index (χ0n) is 16.9. The summed E-state index contributed by atoms with van der Waals surface area (Å²) in [7, 11) is 0. The second-order valence-corrected chi connectivity index (χ2v) is 9.74. The molecule has 0 radical (unpaired) electrons. The van der Waals surface area contributed by atoms with Gasteiger partial charge in [0.15, 0.2) is 10.9 Å². The number of rotatable bonds is 5. The molecule has 5 rings (SSSR count). The van der Waals surface area contributed by atoms with Crippen molar-refractivity contribution in [2.75, 3.05) is 4.90 Å². The predicted octanol–water partition coefficient (Wildman–Crippen LogP) is 6.36. The quantitative estimate of drug-likeness (QED) is 0.337. The zero-order chi connectivity index (χ0) is 22.4. The van der Waals surface area contributed by atoms with Gasteiger partial charge in [-0.2, -0.15) is 0 Å². The maximum atomic E-state index is 13.3. The van der Waals surface area contributed by atoms with Crippen molar-refractivity contribution < 1.29 is 14.7 Å². The summed E-state index contributed by atoms with van der Waals surface area (Å²) >= 11 is 8.70. The lowest BCUT2D eigenvalue weighted by Crippen LogP contribution is -2.30. The Bertz CT molecular complexity index is 1370. The molecule has 160 valence electrons. The lowest BCUT2D eigenvalue weighted by atomic mass is 9.95. The normalized spacial score (nSPS) is 16.4. The summed E-state index contributed by atoms with van der Waals surface area (Å²) in [6, 6.07) is 15.6. The van der Waals surface area contributed by atoms with E-state index in [4.69, 9.17) is 11.6 Å². The number of aliphatic hydroxyl groups excluding tert-OH is 1. The molecule has 1 N–H and O–H groups in total. The van der Waals surface area contributed by atoms with E-state index in [-0.39, 0.29) is 11.4 Å². The van der Waals surface area contributed by atoms with E-state index in [9.17, 15) is 14.7 Å². The average molecular weight is 481 g/mol. The smallest absolute Gasteiger partial charge is 0.296 e. The van der Waals surface area contributed by atoms with E-state index in [0.29, 0.717) is 20.6 Å². The van der Waals surface area contributed by atoms with Crippen LogP contribution in [0.25, 0.3) is 10.2 Å². The van der Waals surface area contributed by atoms with Gasteiger partial charge in [-0.25, -0.2) is 4.98 Å². The number of halogens is 1. The van der Waals surface area contributed by atoms with Crippen LogP contribution in [0.15, 0.2) is 71.3 Å². The first kappa shape index (κ1) is 20.9. The lowest BCUT2D eigenvalue weighted by Gasteiger charge is -2.24. The molecule has 1 amide bonds. The first-order valence-electron chi connectivity index (χ1n) is 9.97. The van der Waals surface area contributed by atoms with Crippen molar-refractivity contribution in [1.29, 1.82) is 0 Å². The third kappa shape index (κ3) is 3.43. The molecule has 1 atom stereocenters. The van der Waals surface area contributed by atoms with Crippen LogP contribution in [0.1, 0.15) is 33.8 Å². The van der Waals surface area contributed by atoms with Crippen LogP contribution in [0.5, 0.6) is 0 Å². The Hall–Kier alpha value is -3.00. The highest BCUT2D eigenvalue weighted by atomic mass is 35.5. The monoisotopic (exact) mass is 480 g/mol. The molecule has 4 aromatic rings. The van der Waals surface area contributed by atoms with Gasteiger partial charge in [0.2, 0.25) is 5.78 Å². The maximum Gasteiger partial charge on any atom is 0.296 e. The number of Topliss-reactive ketones (excluding diaryl/α,β-unsaturated/α-hetero) is 1. The molecule has 0 fully saturated rings. The van der Waals surface area contributed by atoms with Crippen molar-refractivity contribution in [3.05, 3.63) is 92.3 Å². The van der Waals surface area contributed by atoms with E-state index in [1.807, 2.05) is 12.1 Å². The van der Waals surface area contributed by atoms with Gasteiger partial charge < -0.3 is 5.11 Å². The van der Waals surface area contributed by atoms with E-state index in [1.165, 1.54) is 33.1 Å². The highest BCUT2D eigenvalue weighted by Crippen LogP contribution is 2.44. The van der Waals surface area contributed by atoms with Crippen molar-refractivity contribution in [3.8, 4) is 0 Å². The summed E-state index contributed by atoms with van der Waals surface area (Å²) in [4.78, 5) is 33.1. The van der Waals surface area contributed by atoms with E-state index < -0.39 is 17.7 Å². The van der Waals surface area contributed by atoms with Gasteiger partial charge in [0, 0.05) is 5.02 Å². The molecule has 5 nitrogen and oxygen atoms in total. The first-order chi connectivity index (χ1) is 15.5. The highest BCUT2D eigenvalue weighted by molar-refractivity contribution is 7.22. The van der Waals surface area contributed by atoms with E-state index in [1.54, 1.807) is 41.8 Å². The molecule has 1 aliphatic rings. The number of hydrogen-bond donors (Lipinski definition) is 1. The highest BCUT2D eigenvalue weighted by Gasteiger charge is 2.46. The molecule has 3 heterocycles. The number of amides is 1. The Labute approximate surface area is 197 Å². The number of aliphatic hydroxyl groups is 1. The van der Waals surface area contributed by atoms with Gasteiger partial charge >= 0.3 is 0 Å². The first-order valence-corrected chi connectivity index (χ1v) is 12.0. The van der Waals surface area contributed by atoms with Gasteiger partial charge in [-0.3, -0.25) is 14.5 Å². The summed E-state index contributed by atoms with van der Waals surface area (Å²) in [5, 5.41) is 13.6. The third-order valence-electron chi connectivity index (χ3n) is 5.44. The van der Waals surface area contributed by atoms with Crippen LogP contribution in [0.2, 0.25) is 5.02 Å². The second kappa shape index (κ2) is 8.16. The van der Waals surface area contributed by atoms with Gasteiger partial charge in [0.25, 0.3) is 5.91 Å². The minimum atomic E-state index is -0.805. The summed E-state index contributed by atoms with van der Waals surface area (Å²) < 4.78 is 0.944. The number of carbonyl (C=O) groups excluding carboxylic acids is 2. The van der Waals surface area contributed by atoms with Crippen molar-refractivity contribution in [3.63, 3.8) is 0 Å². The SMILES string of the molecule is CCc1ccc2nc(N3C(=O)C(O)=C(C(=O)c4cccs4)[C@H]3c3ccc(Cl)cc3)sc2c1. The lowest BCUT2D eigenvalue weighted by molar-refractivity contribution is -0.117. The Balaban J connectivity index is 1.67. The van der Waals surface area contributed by atoms with Crippen LogP contribution in [0, 0.1) is 0 Å².